The molecule has 6 heteroatoms. The van der Waals surface area contributed by atoms with Gasteiger partial charge >= 0.3 is 0 Å². The van der Waals surface area contributed by atoms with Crippen LogP contribution >= 0.6 is 0 Å². The lowest BCUT2D eigenvalue weighted by molar-refractivity contribution is 0.0765. The van der Waals surface area contributed by atoms with E-state index in [0.717, 1.165) is 56.2 Å². The molecule has 2 aliphatic heterocycles. The lowest BCUT2D eigenvalue weighted by Crippen LogP contribution is -2.55. The van der Waals surface area contributed by atoms with Gasteiger partial charge in [-0.1, -0.05) is 63.4 Å². The summed E-state index contributed by atoms with van der Waals surface area (Å²) in [4.78, 5) is 7.83. The van der Waals surface area contributed by atoms with E-state index in [-0.39, 0.29) is 5.41 Å². The summed E-state index contributed by atoms with van der Waals surface area (Å²) < 4.78 is 2.33. The predicted octanol–water partition coefficient (Wildman–Crippen LogP) is 3.70. The van der Waals surface area contributed by atoms with Crippen LogP contribution in [0.2, 0.25) is 0 Å². The number of hydrogen-bond donors (Lipinski definition) is 0. The molecule has 0 N–H and O–H groups in total. The number of anilines is 1. The molecule has 6 nitrogen and oxygen atoms in total. The van der Waals surface area contributed by atoms with Gasteiger partial charge in [-0.25, -0.2) is 0 Å². The summed E-state index contributed by atoms with van der Waals surface area (Å²) in [6.45, 7) is 12.4. The molecule has 2 fully saturated rings. The lowest BCUT2D eigenvalue weighted by Gasteiger charge is -2.44. The second-order valence-electron chi connectivity index (χ2n) is 10.2. The van der Waals surface area contributed by atoms with Gasteiger partial charge in [-0.3, -0.25) is 14.4 Å². The zero-order chi connectivity index (χ0) is 20.6. The molecule has 1 saturated carbocycles. The van der Waals surface area contributed by atoms with Crippen molar-refractivity contribution in [2.45, 2.75) is 58.5 Å². The summed E-state index contributed by atoms with van der Waals surface area (Å²) in [5.74, 6) is 2.02. The van der Waals surface area contributed by atoms with Crippen molar-refractivity contribution in [3.8, 4) is 11.4 Å². The van der Waals surface area contributed by atoms with Crippen LogP contribution in [0.25, 0.3) is 11.4 Å². The van der Waals surface area contributed by atoms with Crippen molar-refractivity contribution in [3.05, 3.63) is 30.3 Å². The molecule has 5 rings (SSSR count). The van der Waals surface area contributed by atoms with Gasteiger partial charge in [0.1, 0.15) is 0 Å². The quantitative estimate of drug-likeness (QED) is 0.772. The first kappa shape index (κ1) is 20.0. The molecule has 3 aliphatic rings. The van der Waals surface area contributed by atoms with Gasteiger partial charge in [0.2, 0.25) is 5.95 Å². The van der Waals surface area contributed by atoms with Crippen molar-refractivity contribution in [2.24, 2.45) is 5.41 Å². The summed E-state index contributed by atoms with van der Waals surface area (Å²) in [6, 6.07) is 11.3. The van der Waals surface area contributed by atoms with Crippen LogP contribution in [0.5, 0.6) is 0 Å². The molecule has 1 aromatic heterocycles. The number of aromatic nitrogens is 3. The Morgan fingerprint density at radius 1 is 0.900 bits per heavy atom. The zero-order valence-corrected chi connectivity index (χ0v) is 18.6. The van der Waals surface area contributed by atoms with Crippen molar-refractivity contribution >= 4 is 5.95 Å². The number of piperazine rings is 1. The van der Waals surface area contributed by atoms with Gasteiger partial charge in [0, 0.05) is 56.3 Å². The number of fused-ring (bicyclic) bond motifs is 1. The first-order chi connectivity index (χ1) is 14.6. The van der Waals surface area contributed by atoms with Gasteiger partial charge in [0.25, 0.3) is 0 Å². The van der Waals surface area contributed by atoms with Gasteiger partial charge < -0.3 is 4.90 Å². The second kappa shape index (κ2) is 8.31. The summed E-state index contributed by atoms with van der Waals surface area (Å²) >= 11 is 0. The van der Waals surface area contributed by atoms with E-state index in [0.29, 0.717) is 0 Å². The Bertz CT molecular complexity index is 831. The van der Waals surface area contributed by atoms with Crippen LogP contribution in [-0.2, 0) is 6.54 Å². The maximum absolute atomic E-state index is 4.64. The van der Waals surface area contributed by atoms with Crippen molar-refractivity contribution in [1.82, 2.24) is 24.6 Å². The maximum Gasteiger partial charge on any atom is 0.228 e. The Labute approximate surface area is 180 Å². The Kier molecular flexibility index (Phi) is 5.54. The van der Waals surface area contributed by atoms with Crippen LogP contribution in [0.1, 0.15) is 46.0 Å². The Balaban J connectivity index is 1.28. The minimum atomic E-state index is 0.197. The minimum Gasteiger partial charge on any atom is -0.327 e. The Hall–Kier alpha value is -1.92. The molecule has 0 unspecified atom stereocenters. The van der Waals surface area contributed by atoms with Crippen molar-refractivity contribution in [2.75, 3.05) is 44.3 Å². The van der Waals surface area contributed by atoms with Crippen LogP contribution in [0.3, 0.4) is 0 Å². The second-order valence-corrected chi connectivity index (χ2v) is 10.2. The molecule has 0 bridgehead atoms. The largest absolute Gasteiger partial charge is 0.327 e. The molecule has 2 aromatic rings. The molecular weight excluding hydrogens is 372 g/mol. The summed E-state index contributed by atoms with van der Waals surface area (Å²) in [7, 11) is 0. The van der Waals surface area contributed by atoms with Gasteiger partial charge in [0.15, 0.2) is 5.82 Å². The Morgan fingerprint density at radius 2 is 1.63 bits per heavy atom. The summed E-state index contributed by atoms with van der Waals surface area (Å²) in [5.41, 5.74) is 1.35. The normalized spacial score (nSPS) is 23.5. The molecular formula is C24H36N6. The van der Waals surface area contributed by atoms with Gasteiger partial charge in [0.05, 0.1) is 6.67 Å². The highest BCUT2D eigenvalue weighted by molar-refractivity contribution is 5.58. The summed E-state index contributed by atoms with van der Waals surface area (Å²) in [6.07, 6.45) is 7.10. The molecule has 0 atom stereocenters. The Morgan fingerprint density at radius 3 is 2.37 bits per heavy atom. The van der Waals surface area contributed by atoms with Crippen LogP contribution in [0.15, 0.2) is 30.3 Å². The monoisotopic (exact) mass is 408 g/mol. The van der Waals surface area contributed by atoms with Crippen molar-refractivity contribution in [1.29, 1.82) is 0 Å². The topological polar surface area (TPSA) is 40.4 Å². The molecule has 1 saturated heterocycles. The van der Waals surface area contributed by atoms with E-state index in [9.17, 15) is 0 Å². The maximum atomic E-state index is 4.64. The first-order valence-electron chi connectivity index (χ1n) is 11.8. The van der Waals surface area contributed by atoms with Crippen molar-refractivity contribution in [3.63, 3.8) is 0 Å². The molecule has 0 spiro atoms. The van der Waals surface area contributed by atoms with Crippen LogP contribution in [0.4, 0.5) is 5.95 Å². The standard InChI is InChI=1S/C24H36N6/c1-24(2)17-29(19-27-13-15-28(16-14-27)21-11-7-4-8-12-21)23-26-25-22(30(23)18-24)20-9-5-3-6-10-20/h3,5-6,9-10,21H,4,7-8,11-19H2,1-2H3. The lowest BCUT2D eigenvalue weighted by atomic mass is 9.91. The smallest absolute Gasteiger partial charge is 0.228 e. The van der Waals surface area contributed by atoms with E-state index < -0.39 is 0 Å². The number of nitrogens with zero attached hydrogens (tertiary/aromatic N) is 6. The fraction of sp³-hybridized carbons (Fsp3) is 0.667. The zero-order valence-electron chi connectivity index (χ0n) is 18.6. The number of benzene rings is 1. The molecule has 1 aliphatic carbocycles. The predicted molar refractivity (Wildman–Crippen MR) is 121 cm³/mol. The average Bonchev–Trinajstić information content (AvgIpc) is 3.18. The van der Waals surface area contributed by atoms with E-state index in [1.807, 2.05) is 0 Å². The summed E-state index contributed by atoms with van der Waals surface area (Å²) in [5, 5.41) is 9.23. The third-order valence-electron chi connectivity index (χ3n) is 7.12. The third-order valence-corrected chi connectivity index (χ3v) is 7.12. The van der Waals surface area contributed by atoms with E-state index in [4.69, 9.17) is 0 Å². The van der Waals surface area contributed by atoms with E-state index in [2.05, 4.69) is 73.6 Å². The first-order valence-corrected chi connectivity index (χ1v) is 11.8. The van der Waals surface area contributed by atoms with Gasteiger partial charge in [-0.15, -0.1) is 10.2 Å². The molecule has 162 valence electrons. The van der Waals surface area contributed by atoms with Gasteiger partial charge in [-0.2, -0.15) is 0 Å². The number of hydrogen-bond acceptors (Lipinski definition) is 5. The highest BCUT2D eigenvalue weighted by Crippen LogP contribution is 2.34. The SMILES string of the molecule is CC1(C)CN(CN2CCN(C3CCCCC3)CC2)c2nnc(-c3ccccc3)n2C1. The molecule has 3 heterocycles. The minimum absolute atomic E-state index is 0.197. The fourth-order valence-corrected chi connectivity index (χ4v) is 5.61. The molecule has 30 heavy (non-hydrogen) atoms. The van der Waals surface area contributed by atoms with E-state index in [1.165, 1.54) is 45.2 Å². The van der Waals surface area contributed by atoms with E-state index >= 15 is 0 Å². The van der Waals surface area contributed by atoms with Crippen LogP contribution < -0.4 is 4.90 Å². The van der Waals surface area contributed by atoms with Gasteiger partial charge in [-0.05, 0) is 12.8 Å². The highest BCUT2D eigenvalue weighted by Gasteiger charge is 2.35. The molecule has 0 amide bonds. The van der Waals surface area contributed by atoms with E-state index in [1.54, 1.807) is 0 Å². The number of rotatable bonds is 4. The molecule has 1 aromatic carbocycles. The fourth-order valence-electron chi connectivity index (χ4n) is 5.61. The van der Waals surface area contributed by atoms with Crippen LogP contribution in [0, 0.1) is 5.41 Å². The third kappa shape index (κ3) is 4.12. The highest BCUT2D eigenvalue weighted by atomic mass is 15.5. The average molecular weight is 409 g/mol. The molecule has 0 radical (unpaired) electrons. The van der Waals surface area contributed by atoms with Crippen molar-refractivity contribution < 1.29 is 0 Å². The van der Waals surface area contributed by atoms with Crippen LogP contribution in [-0.4, -0.2) is 70.0 Å².